The lowest BCUT2D eigenvalue weighted by atomic mass is 10.2. The van der Waals surface area contributed by atoms with Crippen LogP contribution in [0.3, 0.4) is 0 Å². The molecule has 0 aromatic carbocycles. The van der Waals surface area contributed by atoms with Crippen molar-refractivity contribution in [3.8, 4) is 0 Å². The fourth-order valence-corrected chi connectivity index (χ4v) is 2.89. The van der Waals surface area contributed by atoms with Crippen molar-refractivity contribution in [1.29, 1.82) is 0 Å². The second kappa shape index (κ2) is 3.24. The molecule has 4 nitrogen and oxygen atoms in total. The number of piperazine rings is 1. The predicted octanol–water partition coefficient (Wildman–Crippen LogP) is -0.582. The van der Waals surface area contributed by atoms with E-state index in [9.17, 15) is 4.79 Å². The minimum Gasteiger partial charge on any atom is -0.480 e. The number of nitrogens with zero attached hydrogens (tertiary/aromatic N) is 1. The van der Waals surface area contributed by atoms with Gasteiger partial charge in [0, 0.05) is 25.4 Å². The number of hydrogen-bond acceptors (Lipinski definition) is 4. The molecule has 2 aliphatic heterocycles. The van der Waals surface area contributed by atoms with Gasteiger partial charge in [-0.2, -0.15) is 0 Å². The summed E-state index contributed by atoms with van der Waals surface area (Å²) in [4.78, 5) is 12.9. The van der Waals surface area contributed by atoms with Gasteiger partial charge in [0.2, 0.25) is 0 Å². The summed E-state index contributed by atoms with van der Waals surface area (Å²) in [5, 5.41) is 12.3. The maximum atomic E-state index is 10.6. The topological polar surface area (TPSA) is 52.6 Å². The van der Waals surface area contributed by atoms with Crippen molar-refractivity contribution >= 4 is 17.7 Å². The van der Waals surface area contributed by atoms with Gasteiger partial charge in [-0.25, -0.2) is 0 Å². The van der Waals surface area contributed by atoms with Crippen LogP contribution in [0.2, 0.25) is 0 Å². The molecule has 12 heavy (non-hydrogen) atoms. The zero-order valence-electron chi connectivity index (χ0n) is 6.69. The number of carboxylic acid groups (broad SMARTS) is 1. The number of hydrogen-bond donors (Lipinski definition) is 2. The third kappa shape index (κ3) is 1.44. The number of rotatable bonds is 1. The summed E-state index contributed by atoms with van der Waals surface area (Å²) in [5.74, 6) is 0.406. The smallest absolute Gasteiger partial charge is 0.322 e. The van der Waals surface area contributed by atoms with Crippen molar-refractivity contribution < 1.29 is 9.90 Å². The molecular weight excluding hydrogens is 176 g/mol. The van der Waals surface area contributed by atoms with Crippen LogP contribution in [0.25, 0.3) is 0 Å². The maximum absolute atomic E-state index is 10.6. The first-order chi connectivity index (χ1) is 5.77. The second-order valence-corrected chi connectivity index (χ2v) is 4.41. The van der Waals surface area contributed by atoms with Crippen molar-refractivity contribution in [2.75, 3.05) is 25.4 Å². The highest BCUT2D eigenvalue weighted by molar-refractivity contribution is 8.00. The summed E-state index contributed by atoms with van der Waals surface area (Å²) >= 11 is 1.91. The SMILES string of the molecule is O=C(O)[C@H]1CN2CCSC2CN1. The average Bonchev–Trinajstić information content (AvgIpc) is 2.49. The number of aliphatic carboxylic acids is 1. The van der Waals surface area contributed by atoms with Crippen LogP contribution >= 0.6 is 11.8 Å². The molecule has 0 spiro atoms. The van der Waals surface area contributed by atoms with Gasteiger partial charge in [0.05, 0.1) is 5.37 Å². The molecule has 2 N–H and O–H groups in total. The molecule has 1 unspecified atom stereocenters. The number of fused-ring (bicyclic) bond motifs is 1. The molecule has 0 saturated carbocycles. The van der Waals surface area contributed by atoms with E-state index in [2.05, 4.69) is 10.2 Å². The lowest BCUT2D eigenvalue weighted by Gasteiger charge is -2.33. The summed E-state index contributed by atoms with van der Waals surface area (Å²) in [6.45, 7) is 2.51. The van der Waals surface area contributed by atoms with Crippen LogP contribution in [0, 0.1) is 0 Å². The summed E-state index contributed by atoms with van der Waals surface area (Å²) in [6.07, 6.45) is 0. The molecule has 2 rings (SSSR count). The fourth-order valence-electron chi connectivity index (χ4n) is 1.66. The molecule has 2 saturated heterocycles. The minimum atomic E-state index is -0.731. The van der Waals surface area contributed by atoms with Crippen LogP contribution in [0.4, 0.5) is 0 Å². The van der Waals surface area contributed by atoms with Crippen molar-refractivity contribution in [2.45, 2.75) is 11.4 Å². The molecule has 0 bridgehead atoms. The van der Waals surface area contributed by atoms with Crippen LogP contribution in [-0.4, -0.2) is 52.8 Å². The molecule has 0 aromatic rings. The molecule has 2 aliphatic rings. The van der Waals surface area contributed by atoms with Gasteiger partial charge in [-0.15, -0.1) is 11.8 Å². The first kappa shape index (κ1) is 8.34. The Kier molecular flexibility index (Phi) is 2.25. The first-order valence-electron chi connectivity index (χ1n) is 4.09. The fraction of sp³-hybridized carbons (Fsp3) is 0.857. The van der Waals surface area contributed by atoms with Crippen molar-refractivity contribution in [3.63, 3.8) is 0 Å². The number of carbonyl (C=O) groups is 1. The van der Waals surface area contributed by atoms with E-state index in [1.807, 2.05) is 11.8 Å². The van der Waals surface area contributed by atoms with Gasteiger partial charge < -0.3 is 10.4 Å². The Morgan fingerprint density at radius 3 is 3.25 bits per heavy atom. The zero-order chi connectivity index (χ0) is 8.55. The molecule has 2 fully saturated rings. The first-order valence-corrected chi connectivity index (χ1v) is 5.14. The molecular formula is C7H12N2O2S. The Balaban J connectivity index is 1.96. The molecule has 0 aliphatic carbocycles. The zero-order valence-corrected chi connectivity index (χ0v) is 7.51. The standard InChI is InChI=1S/C7H12N2O2S/c10-7(11)5-4-9-1-2-12-6(9)3-8-5/h5-6,8H,1-4H2,(H,10,11)/t5-,6?/m1/s1. The van der Waals surface area contributed by atoms with Gasteiger partial charge in [0.25, 0.3) is 0 Å². The van der Waals surface area contributed by atoms with E-state index in [-0.39, 0.29) is 6.04 Å². The maximum Gasteiger partial charge on any atom is 0.322 e. The van der Waals surface area contributed by atoms with E-state index < -0.39 is 5.97 Å². The normalized spacial score (nSPS) is 36.3. The van der Waals surface area contributed by atoms with Gasteiger partial charge >= 0.3 is 5.97 Å². The Bertz CT molecular complexity index is 200. The van der Waals surface area contributed by atoms with Gasteiger partial charge in [0.15, 0.2) is 0 Å². The van der Waals surface area contributed by atoms with Crippen LogP contribution in [0.1, 0.15) is 0 Å². The Morgan fingerprint density at radius 1 is 1.67 bits per heavy atom. The molecule has 2 heterocycles. The summed E-state index contributed by atoms with van der Waals surface area (Å²) < 4.78 is 0. The summed E-state index contributed by atoms with van der Waals surface area (Å²) in [6, 6.07) is -0.361. The molecule has 68 valence electrons. The molecule has 0 radical (unpaired) electrons. The predicted molar refractivity (Wildman–Crippen MR) is 47.2 cm³/mol. The highest BCUT2D eigenvalue weighted by Crippen LogP contribution is 2.25. The number of carboxylic acids is 1. The molecule has 0 aromatic heterocycles. The lowest BCUT2D eigenvalue weighted by Crippen LogP contribution is -2.56. The van der Waals surface area contributed by atoms with Gasteiger partial charge in [-0.3, -0.25) is 9.69 Å². The van der Waals surface area contributed by atoms with E-state index in [1.54, 1.807) is 0 Å². The van der Waals surface area contributed by atoms with E-state index in [1.165, 1.54) is 0 Å². The lowest BCUT2D eigenvalue weighted by molar-refractivity contribution is -0.140. The molecule has 5 heteroatoms. The quantitative estimate of drug-likeness (QED) is 0.576. The van der Waals surface area contributed by atoms with Crippen LogP contribution in [-0.2, 0) is 4.79 Å². The van der Waals surface area contributed by atoms with Crippen molar-refractivity contribution in [1.82, 2.24) is 10.2 Å². The second-order valence-electron chi connectivity index (χ2n) is 3.12. The minimum absolute atomic E-state index is 0.361. The van der Waals surface area contributed by atoms with Crippen molar-refractivity contribution in [3.05, 3.63) is 0 Å². The van der Waals surface area contributed by atoms with E-state index >= 15 is 0 Å². The largest absolute Gasteiger partial charge is 0.480 e. The highest BCUT2D eigenvalue weighted by Gasteiger charge is 2.34. The Labute approximate surface area is 75.3 Å². The highest BCUT2D eigenvalue weighted by atomic mass is 32.2. The molecule has 0 amide bonds. The third-order valence-corrected chi connectivity index (χ3v) is 3.62. The van der Waals surface area contributed by atoms with Gasteiger partial charge in [-0.05, 0) is 0 Å². The number of nitrogens with one attached hydrogen (secondary N) is 1. The number of thioether (sulfide) groups is 1. The average molecular weight is 188 g/mol. The van der Waals surface area contributed by atoms with E-state index in [0.29, 0.717) is 11.9 Å². The summed E-state index contributed by atoms with van der Waals surface area (Å²) in [5.41, 5.74) is 0. The van der Waals surface area contributed by atoms with Crippen molar-refractivity contribution in [2.24, 2.45) is 0 Å². The van der Waals surface area contributed by atoms with E-state index in [0.717, 1.165) is 18.8 Å². The Morgan fingerprint density at radius 2 is 2.50 bits per heavy atom. The van der Waals surface area contributed by atoms with Crippen LogP contribution in [0.15, 0.2) is 0 Å². The van der Waals surface area contributed by atoms with Crippen LogP contribution < -0.4 is 5.32 Å². The summed E-state index contributed by atoms with van der Waals surface area (Å²) in [7, 11) is 0. The Hall–Kier alpha value is -0.260. The molecule has 2 atom stereocenters. The van der Waals surface area contributed by atoms with Gasteiger partial charge in [0.1, 0.15) is 6.04 Å². The van der Waals surface area contributed by atoms with Gasteiger partial charge in [-0.1, -0.05) is 0 Å². The van der Waals surface area contributed by atoms with Crippen LogP contribution in [0.5, 0.6) is 0 Å². The monoisotopic (exact) mass is 188 g/mol. The van der Waals surface area contributed by atoms with E-state index in [4.69, 9.17) is 5.11 Å². The third-order valence-electron chi connectivity index (χ3n) is 2.35.